The zero-order valence-electron chi connectivity index (χ0n) is 20.0. The first kappa shape index (κ1) is 24.8. The molecule has 1 aliphatic heterocycles. The van der Waals surface area contributed by atoms with Crippen molar-refractivity contribution in [3.8, 4) is 0 Å². The fourth-order valence-corrected chi connectivity index (χ4v) is 4.09. The summed E-state index contributed by atoms with van der Waals surface area (Å²) in [5.74, 6) is 0.327. The maximum atomic E-state index is 6.59. The van der Waals surface area contributed by atoms with Gasteiger partial charge in [0.2, 0.25) is 0 Å². The summed E-state index contributed by atoms with van der Waals surface area (Å²) < 4.78 is 27.2. The SMILES string of the molecule is CCCCOC[C@H]1OC(c2cnc3c(N)ncnn23)[C@](C)(OCCCC)[C@@H]1OCCCC. The van der Waals surface area contributed by atoms with Gasteiger partial charge in [-0.3, -0.25) is 0 Å². The van der Waals surface area contributed by atoms with E-state index in [-0.39, 0.29) is 12.2 Å². The Morgan fingerprint density at radius 1 is 1.06 bits per heavy atom. The molecular weight excluding hydrogens is 410 g/mol. The molecule has 0 amide bonds. The lowest BCUT2D eigenvalue weighted by atomic mass is 9.90. The number of anilines is 1. The molecule has 9 nitrogen and oxygen atoms in total. The van der Waals surface area contributed by atoms with Crippen molar-refractivity contribution in [2.75, 3.05) is 32.2 Å². The summed E-state index contributed by atoms with van der Waals surface area (Å²) in [5.41, 5.74) is 6.57. The van der Waals surface area contributed by atoms with Crippen molar-refractivity contribution < 1.29 is 18.9 Å². The van der Waals surface area contributed by atoms with Crippen LogP contribution < -0.4 is 5.73 Å². The molecule has 9 heteroatoms. The number of hydrogen-bond acceptors (Lipinski definition) is 8. The van der Waals surface area contributed by atoms with Gasteiger partial charge in [0.25, 0.3) is 0 Å². The second-order valence-corrected chi connectivity index (χ2v) is 8.58. The van der Waals surface area contributed by atoms with Crippen LogP contribution in [0.2, 0.25) is 0 Å². The van der Waals surface area contributed by atoms with Gasteiger partial charge in [0.15, 0.2) is 11.5 Å². The number of fused-ring (bicyclic) bond motifs is 1. The first-order chi connectivity index (χ1) is 15.6. The standard InChI is InChI=1S/C23H39N5O4/c1-5-8-11-29-15-18-20(30-12-9-6-2)23(4,31-13-10-7-3)19(32-18)17-14-25-22-21(24)26-16-27-28(17)22/h14,16,18-20H,5-13,15H2,1-4H3,(H2,24,26,27)/t18-,19?,20-,23+/m1/s1. The molecule has 1 aliphatic rings. The van der Waals surface area contributed by atoms with Crippen LogP contribution >= 0.6 is 0 Å². The van der Waals surface area contributed by atoms with Crippen molar-refractivity contribution in [1.82, 2.24) is 19.6 Å². The zero-order valence-corrected chi connectivity index (χ0v) is 20.0. The third kappa shape index (κ3) is 5.39. The highest BCUT2D eigenvalue weighted by atomic mass is 16.6. The van der Waals surface area contributed by atoms with Gasteiger partial charge >= 0.3 is 0 Å². The number of nitrogen functional groups attached to an aromatic ring is 1. The van der Waals surface area contributed by atoms with E-state index in [1.165, 1.54) is 6.33 Å². The predicted octanol–water partition coefficient (Wildman–Crippen LogP) is 3.72. The molecule has 2 aromatic heterocycles. The van der Waals surface area contributed by atoms with Gasteiger partial charge in [-0.1, -0.05) is 40.0 Å². The minimum absolute atomic E-state index is 0.259. The summed E-state index contributed by atoms with van der Waals surface area (Å²) in [6.45, 7) is 11.0. The van der Waals surface area contributed by atoms with E-state index in [1.807, 2.05) is 0 Å². The molecule has 3 heterocycles. The lowest BCUT2D eigenvalue weighted by Gasteiger charge is -2.35. The van der Waals surface area contributed by atoms with Gasteiger partial charge in [-0.25, -0.2) is 14.5 Å². The fourth-order valence-electron chi connectivity index (χ4n) is 4.09. The van der Waals surface area contributed by atoms with Gasteiger partial charge in [0.1, 0.15) is 30.2 Å². The molecule has 0 aliphatic carbocycles. The monoisotopic (exact) mass is 449 g/mol. The Morgan fingerprint density at radius 3 is 2.53 bits per heavy atom. The zero-order chi connectivity index (χ0) is 23.0. The summed E-state index contributed by atoms with van der Waals surface area (Å²) in [7, 11) is 0. The number of ether oxygens (including phenoxy) is 4. The second kappa shape index (κ2) is 11.9. The predicted molar refractivity (Wildman–Crippen MR) is 122 cm³/mol. The number of nitrogens with zero attached hydrogens (tertiary/aromatic N) is 4. The van der Waals surface area contributed by atoms with E-state index in [9.17, 15) is 0 Å². The maximum Gasteiger partial charge on any atom is 0.196 e. The molecule has 3 rings (SSSR count). The quantitative estimate of drug-likeness (QED) is 0.435. The summed E-state index contributed by atoms with van der Waals surface area (Å²) in [6.07, 6.45) is 8.36. The van der Waals surface area contributed by atoms with Crippen LogP contribution in [0.15, 0.2) is 12.5 Å². The highest BCUT2D eigenvalue weighted by molar-refractivity contribution is 5.59. The maximum absolute atomic E-state index is 6.59. The lowest BCUT2D eigenvalue weighted by molar-refractivity contribution is -0.138. The summed E-state index contributed by atoms with van der Waals surface area (Å²) in [4.78, 5) is 8.49. The Bertz CT molecular complexity index is 832. The number of aromatic nitrogens is 4. The molecule has 0 saturated carbocycles. The first-order valence-corrected chi connectivity index (χ1v) is 12.0. The largest absolute Gasteiger partial charge is 0.381 e. The number of imidazole rings is 1. The van der Waals surface area contributed by atoms with Gasteiger partial charge in [0.05, 0.1) is 18.5 Å². The Labute approximate surface area is 191 Å². The van der Waals surface area contributed by atoms with E-state index in [2.05, 4.69) is 42.8 Å². The topological polar surface area (TPSA) is 106 Å². The third-order valence-electron chi connectivity index (χ3n) is 5.99. The summed E-state index contributed by atoms with van der Waals surface area (Å²) in [6, 6.07) is 0. The van der Waals surface area contributed by atoms with E-state index in [0.29, 0.717) is 37.9 Å². The van der Waals surface area contributed by atoms with Crippen LogP contribution in [0.1, 0.15) is 78.0 Å². The van der Waals surface area contributed by atoms with E-state index >= 15 is 0 Å². The molecule has 180 valence electrons. The van der Waals surface area contributed by atoms with E-state index in [4.69, 9.17) is 24.7 Å². The Morgan fingerprint density at radius 2 is 1.78 bits per heavy atom. The third-order valence-corrected chi connectivity index (χ3v) is 5.99. The highest BCUT2D eigenvalue weighted by Gasteiger charge is 2.57. The number of hydrogen-bond donors (Lipinski definition) is 1. The summed E-state index contributed by atoms with van der Waals surface area (Å²) >= 11 is 0. The second-order valence-electron chi connectivity index (χ2n) is 8.58. The van der Waals surface area contributed by atoms with Crippen LogP contribution in [0.5, 0.6) is 0 Å². The van der Waals surface area contributed by atoms with Crippen LogP contribution in [0.25, 0.3) is 5.65 Å². The van der Waals surface area contributed by atoms with Crippen molar-refractivity contribution in [1.29, 1.82) is 0 Å². The Kier molecular flexibility index (Phi) is 9.22. The first-order valence-electron chi connectivity index (χ1n) is 12.0. The fraction of sp³-hybridized carbons (Fsp3) is 0.783. The average Bonchev–Trinajstić information content (AvgIpc) is 3.32. The molecule has 0 bridgehead atoms. The molecule has 32 heavy (non-hydrogen) atoms. The van der Waals surface area contributed by atoms with Crippen molar-refractivity contribution in [3.05, 3.63) is 18.2 Å². The molecule has 2 aromatic rings. The Hall–Kier alpha value is -1.81. The van der Waals surface area contributed by atoms with E-state index in [0.717, 1.165) is 44.2 Å². The minimum Gasteiger partial charge on any atom is -0.381 e. The van der Waals surface area contributed by atoms with Crippen molar-refractivity contribution >= 4 is 11.5 Å². The normalized spacial score (nSPS) is 25.7. The van der Waals surface area contributed by atoms with E-state index < -0.39 is 11.7 Å². The van der Waals surface area contributed by atoms with Crippen LogP contribution in [-0.4, -0.2) is 63.8 Å². The molecule has 1 saturated heterocycles. The van der Waals surface area contributed by atoms with Gasteiger partial charge in [-0.05, 0) is 26.2 Å². The number of rotatable bonds is 14. The molecule has 4 atom stereocenters. The average molecular weight is 450 g/mol. The van der Waals surface area contributed by atoms with Crippen molar-refractivity contribution in [2.24, 2.45) is 0 Å². The minimum atomic E-state index is -0.725. The number of unbranched alkanes of at least 4 members (excludes halogenated alkanes) is 3. The number of nitrogens with two attached hydrogens (primary N) is 1. The molecule has 1 unspecified atom stereocenters. The van der Waals surface area contributed by atoms with E-state index in [1.54, 1.807) is 10.7 Å². The lowest BCUT2D eigenvalue weighted by Crippen LogP contribution is -2.48. The van der Waals surface area contributed by atoms with Crippen molar-refractivity contribution in [3.63, 3.8) is 0 Å². The molecule has 0 spiro atoms. The molecule has 0 aromatic carbocycles. The highest BCUT2D eigenvalue weighted by Crippen LogP contribution is 2.46. The molecule has 0 radical (unpaired) electrons. The van der Waals surface area contributed by atoms with Gasteiger partial charge < -0.3 is 24.7 Å². The van der Waals surface area contributed by atoms with Gasteiger partial charge in [-0.15, -0.1) is 0 Å². The van der Waals surface area contributed by atoms with Crippen LogP contribution in [0, 0.1) is 0 Å². The van der Waals surface area contributed by atoms with Crippen molar-refractivity contribution in [2.45, 2.75) is 90.1 Å². The van der Waals surface area contributed by atoms with Crippen LogP contribution in [0.3, 0.4) is 0 Å². The smallest absolute Gasteiger partial charge is 0.196 e. The Balaban J connectivity index is 1.93. The summed E-state index contributed by atoms with van der Waals surface area (Å²) in [5, 5.41) is 4.38. The van der Waals surface area contributed by atoms with Gasteiger partial charge in [-0.2, -0.15) is 5.10 Å². The van der Waals surface area contributed by atoms with Gasteiger partial charge in [0, 0.05) is 19.8 Å². The molecular formula is C23H39N5O4. The molecule has 1 fully saturated rings. The molecule has 2 N–H and O–H groups in total. The van der Waals surface area contributed by atoms with Crippen LogP contribution in [-0.2, 0) is 18.9 Å². The van der Waals surface area contributed by atoms with Crippen LogP contribution in [0.4, 0.5) is 5.82 Å².